The number of nitrogens with one attached hydrogen (secondary N) is 2. The average molecular weight is 954 g/mol. The van der Waals surface area contributed by atoms with Gasteiger partial charge in [0.2, 0.25) is 23.7 Å². The average Bonchev–Trinajstić information content (AvgIpc) is 4.13. The van der Waals surface area contributed by atoms with Crippen molar-refractivity contribution in [3.63, 3.8) is 0 Å². The van der Waals surface area contributed by atoms with E-state index < -0.39 is 17.6 Å². The third kappa shape index (κ3) is 10.4. The number of likely N-dealkylation sites (N-methyl/N-ethyl adjacent to an activating group) is 1. The van der Waals surface area contributed by atoms with Crippen LogP contribution in [0.2, 0.25) is 0 Å². The number of hydrogen-bond acceptors (Lipinski definition) is 13. The predicted molar refractivity (Wildman–Crippen MR) is 262 cm³/mol. The highest BCUT2D eigenvalue weighted by molar-refractivity contribution is 6.06. The number of benzene rings is 2. The maximum Gasteiger partial charge on any atom is 0.410 e. The Morgan fingerprint density at radius 2 is 1.73 bits per heavy atom. The molecule has 2 aliphatic carbocycles. The molecule has 1 unspecified atom stereocenters. The summed E-state index contributed by atoms with van der Waals surface area (Å²) >= 11 is 0. The number of fused-ring (bicyclic) bond motifs is 2. The first-order valence-electron chi connectivity index (χ1n) is 24.8. The summed E-state index contributed by atoms with van der Waals surface area (Å²) in [5.74, 6) is 6.72. The molecule has 18 nitrogen and oxygen atoms in total. The fourth-order valence-corrected chi connectivity index (χ4v) is 10.5. The number of imide groups is 1. The largest absolute Gasteiger partial charge is 0.444 e. The summed E-state index contributed by atoms with van der Waals surface area (Å²) in [5, 5.41) is 14.8. The molecule has 2 aromatic carbocycles. The number of aromatic nitrogens is 5. The van der Waals surface area contributed by atoms with Crippen molar-refractivity contribution in [2.24, 2.45) is 0 Å². The van der Waals surface area contributed by atoms with E-state index in [0.717, 1.165) is 90.9 Å². The second-order valence-electron chi connectivity index (χ2n) is 19.9. The highest BCUT2D eigenvalue weighted by Crippen LogP contribution is 2.40. The van der Waals surface area contributed by atoms with Crippen LogP contribution in [0, 0.1) is 11.8 Å². The number of rotatable bonds is 13. The highest BCUT2D eigenvalue weighted by atomic mass is 16.6. The van der Waals surface area contributed by atoms with E-state index >= 15 is 0 Å². The van der Waals surface area contributed by atoms with E-state index in [1.165, 1.54) is 4.90 Å². The molecule has 2 atom stereocenters. The van der Waals surface area contributed by atoms with Crippen molar-refractivity contribution in [2.75, 3.05) is 41.9 Å². The van der Waals surface area contributed by atoms with Gasteiger partial charge in [0.15, 0.2) is 5.82 Å². The van der Waals surface area contributed by atoms with E-state index in [1.54, 1.807) is 35.2 Å². The first-order valence-corrected chi connectivity index (χ1v) is 24.8. The van der Waals surface area contributed by atoms with E-state index in [4.69, 9.17) is 14.5 Å². The molecule has 2 N–H and O–H groups in total. The molecule has 70 heavy (non-hydrogen) atoms. The maximum atomic E-state index is 13.6. The molecule has 0 radical (unpaired) electrons. The van der Waals surface area contributed by atoms with E-state index in [9.17, 15) is 24.0 Å². The molecule has 5 heterocycles. The number of nitrogens with zero attached hydrogens (tertiary/aromatic N) is 9. The number of piperidine rings is 1. The number of carbonyl (C=O) groups excluding carboxylic acids is 5. The highest BCUT2D eigenvalue weighted by Gasteiger charge is 2.42. The molecule has 3 aliphatic heterocycles. The van der Waals surface area contributed by atoms with Crippen molar-refractivity contribution in [3.8, 4) is 23.1 Å². The Morgan fingerprint density at radius 1 is 0.957 bits per heavy atom. The van der Waals surface area contributed by atoms with Crippen LogP contribution >= 0.6 is 0 Å². The second kappa shape index (κ2) is 20.6. The van der Waals surface area contributed by atoms with Gasteiger partial charge in [-0.05, 0) is 102 Å². The van der Waals surface area contributed by atoms with Gasteiger partial charge in [0.1, 0.15) is 29.1 Å². The van der Waals surface area contributed by atoms with Crippen LogP contribution in [-0.4, -0.2) is 121 Å². The molecule has 18 heteroatoms. The zero-order valence-electron chi connectivity index (χ0n) is 40.8. The molecule has 4 aromatic rings. The molecule has 2 saturated carbocycles. The van der Waals surface area contributed by atoms with Crippen LogP contribution in [0.4, 0.5) is 27.9 Å². The third-order valence-corrected chi connectivity index (χ3v) is 14.1. The fraction of sp³-hybridized carbons (Fsp3) is 0.519. The van der Waals surface area contributed by atoms with Crippen LogP contribution in [0.25, 0.3) is 11.3 Å². The monoisotopic (exact) mass is 953 g/mol. The summed E-state index contributed by atoms with van der Waals surface area (Å²) in [6.45, 7) is 8.96. The van der Waals surface area contributed by atoms with Gasteiger partial charge < -0.3 is 34.4 Å². The minimum Gasteiger partial charge on any atom is -0.444 e. The van der Waals surface area contributed by atoms with Crippen LogP contribution in [0.3, 0.4) is 0 Å². The summed E-state index contributed by atoms with van der Waals surface area (Å²) in [4.78, 5) is 81.1. The van der Waals surface area contributed by atoms with Gasteiger partial charge in [0, 0.05) is 67.4 Å². The first kappa shape index (κ1) is 48.2. The number of hydrogen-bond donors (Lipinski definition) is 2. The van der Waals surface area contributed by atoms with E-state index in [1.807, 2.05) is 62.0 Å². The molecule has 5 amide bonds. The number of carbonyl (C=O) groups is 5. The van der Waals surface area contributed by atoms with Crippen LogP contribution in [0.15, 0.2) is 54.9 Å². The molecule has 9 rings (SSSR count). The van der Waals surface area contributed by atoms with Crippen LogP contribution in [0.1, 0.15) is 132 Å². The van der Waals surface area contributed by atoms with Gasteiger partial charge >= 0.3 is 6.09 Å². The topological polar surface area (TPSA) is 197 Å². The van der Waals surface area contributed by atoms with E-state index in [0.29, 0.717) is 56.6 Å². The normalized spacial score (nSPS) is 21.5. The van der Waals surface area contributed by atoms with Crippen molar-refractivity contribution >= 4 is 52.9 Å². The third-order valence-electron chi connectivity index (χ3n) is 14.1. The Hall–Kier alpha value is -6.87. The maximum absolute atomic E-state index is 13.6. The minimum absolute atomic E-state index is 0.0264. The molecule has 368 valence electrons. The lowest BCUT2D eigenvalue weighted by Gasteiger charge is -2.43. The first-order chi connectivity index (χ1) is 33.8. The summed E-state index contributed by atoms with van der Waals surface area (Å²) in [5.41, 5.74) is 4.63. The van der Waals surface area contributed by atoms with Gasteiger partial charge in [-0.2, -0.15) is 4.98 Å². The quantitative estimate of drug-likeness (QED) is 0.0797. The zero-order valence-corrected chi connectivity index (χ0v) is 40.8. The lowest BCUT2D eigenvalue weighted by atomic mass is 9.90. The molecule has 2 aromatic heterocycles. The zero-order chi connectivity index (χ0) is 49.1. The van der Waals surface area contributed by atoms with Crippen LogP contribution in [0.5, 0.6) is 0 Å². The lowest BCUT2D eigenvalue weighted by Crippen LogP contribution is -2.55. The van der Waals surface area contributed by atoms with Gasteiger partial charge in [0.25, 0.3) is 5.91 Å². The summed E-state index contributed by atoms with van der Waals surface area (Å²) in [6, 6.07) is 12.8. The van der Waals surface area contributed by atoms with Gasteiger partial charge in [0.05, 0.1) is 31.6 Å². The summed E-state index contributed by atoms with van der Waals surface area (Å²) < 4.78 is 13.8. The van der Waals surface area contributed by atoms with Gasteiger partial charge in [-0.15, -0.1) is 5.10 Å². The number of ether oxygens (including phenoxy) is 2. The molecule has 5 aliphatic rings. The Bertz CT molecular complexity index is 2670. The fourth-order valence-electron chi connectivity index (χ4n) is 10.5. The standard InChI is InChI=1S/C52H63N11O7/c1-6-42-49(67)59(5)44-30-53-50(56-46(44)63(42)38-14-7-8-15-38)54-35-19-17-34(18-20-35)41-32-62(58-57-41)37-23-21-36(22-24-37)60(51(68)70-52(2,3)4)27-29-69-28-10-9-12-33-13-11-16-39-40(33)31-61(48(39)66)43-25-26-45(64)55-47(43)65/h11,13,16-20,30,32,36-38,42-43H,6-8,10,14-15,21-29,31H2,1-5H3,(H,53,54,56)(H,55,64,65)/t36?,37?,42-,43?/m1/s1. The molecular formula is C52H63N11O7. The number of amides is 5. The smallest absolute Gasteiger partial charge is 0.410 e. The molecular weight excluding hydrogens is 891 g/mol. The summed E-state index contributed by atoms with van der Waals surface area (Å²) in [7, 11) is 1.81. The predicted octanol–water partition coefficient (Wildman–Crippen LogP) is 6.92. The van der Waals surface area contributed by atoms with Crippen molar-refractivity contribution < 1.29 is 33.4 Å². The lowest BCUT2D eigenvalue weighted by molar-refractivity contribution is -0.137. The van der Waals surface area contributed by atoms with Crippen molar-refractivity contribution in [2.45, 2.75) is 147 Å². The second-order valence-corrected chi connectivity index (χ2v) is 19.9. The SMILES string of the molecule is CC[C@@H]1C(=O)N(C)c2cnc(Nc3ccc(-c4cn(C5CCC(N(CCOCCC#Cc6cccc7c6CN(C6CCC(=O)NC6=O)C7=O)C(=O)OC(C)(C)C)CC5)nn4)cc3)nc2N1C1CCCC1. The van der Waals surface area contributed by atoms with E-state index in [2.05, 4.69) is 49.6 Å². The molecule has 3 fully saturated rings. The summed E-state index contributed by atoms with van der Waals surface area (Å²) in [6.07, 6.45) is 12.6. The van der Waals surface area contributed by atoms with Gasteiger partial charge in [-0.25, -0.2) is 14.5 Å². The molecule has 0 spiro atoms. The van der Waals surface area contributed by atoms with Crippen LogP contribution in [-0.2, 0) is 30.4 Å². The van der Waals surface area contributed by atoms with Gasteiger partial charge in [-0.3, -0.25) is 24.5 Å². The number of anilines is 4. The Balaban J connectivity index is 0.767. The van der Waals surface area contributed by atoms with Crippen LogP contribution < -0.4 is 20.4 Å². The van der Waals surface area contributed by atoms with Crippen molar-refractivity contribution in [1.29, 1.82) is 0 Å². The Morgan fingerprint density at radius 3 is 2.46 bits per heavy atom. The van der Waals surface area contributed by atoms with Crippen molar-refractivity contribution in [3.05, 3.63) is 71.5 Å². The van der Waals surface area contributed by atoms with Gasteiger partial charge in [-0.1, -0.05) is 55.0 Å². The van der Waals surface area contributed by atoms with E-state index in [-0.39, 0.29) is 54.9 Å². The van der Waals surface area contributed by atoms with Crippen molar-refractivity contribution in [1.82, 2.24) is 40.1 Å². The minimum atomic E-state index is -0.685. The Labute approximate surface area is 408 Å². The molecule has 1 saturated heterocycles. The Kier molecular flexibility index (Phi) is 14.2. The molecule has 0 bridgehead atoms.